The Morgan fingerprint density at radius 1 is 1.07 bits per heavy atom. The number of ether oxygens (including phenoxy) is 1. The van der Waals surface area contributed by atoms with Crippen LogP contribution in [-0.4, -0.2) is 39.8 Å². The number of carbonyl (C=O) groups excluding carboxylic acids is 1. The highest BCUT2D eigenvalue weighted by Crippen LogP contribution is 2.22. The van der Waals surface area contributed by atoms with Crippen molar-refractivity contribution in [1.82, 2.24) is 5.32 Å². The first-order valence-corrected chi connectivity index (χ1v) is 11.8. The summed E-state index contributed by atoms with van der Waals surface area (Å²) in [7, 11) is -3.60. The van der Waals surface area contributed by atoms with Gasteiger partial charge in [0.15, 0.2) is 0 Å². The van der Waals surface area contributed by atoms with Gasteiger partial charge in [0.05, 0.1) is 18.6 Å². The lowest BCUT2D eigenvalue weighted by molar-refractivity contribution is -0.122. The molecule has 0 radical (unpaired) electrons. The average molecular weight is 419 g/mol. The second kappa shape index (κ2) is 10.9. The van der Waals surface area contributed by atoms with Gasteiger partial charge in [-0.2, -0.15) is 0 Å². The minimum absolute atomic E-state index is 0.284. The summed E-state index contributed by atoms with van der Waals surface area (Å²) in [5, 5.41) is 2.89. The molecule has 2 aromatic rings. The largest absolute Gasteiger partial charge is 0.494 e. The molecule has 0 aliphatic heterocycles. The van der Waals surface area contributed by atoms with E-state index in [2.05, 4.69) is 5.32 Å². The molecule has 7 heteroatoms. The summed E-state index contributed by atoms with van der Waals surface area (Å²) in [6.45, 7) is 4.88. The maximum atomic E-state index is 12.7. The average Bonchev–Trinajstić information content (AvgIpc) is 2.70. The number of sulfonamides is 1. The van der Waals surface area contributed by atoms with Crippen molar-refractivity contribution >= 4 is 21.6 Å². The van der Waals surface area contributed by atoms with E-state index in [-0.39, 0.29) is 5.91 Å². The summed E-state index contributed by atoms with van der Waals surface area (Å²) in [6, 6.07) is 15.9. The molecule has 0 heterocycles. The summed E-state index contributed by atoms with van der Waals surface area (Å²) >= 11 is 0. The SMILES string of the molecule is CCOc1ccc(CCCNC(=O)[C@@H](CC)N(c2ccccc2)S(C)(=O)=O)cc1. The highest BCUT2D eigenvalue weighted by Gasteiger charge is 2.31. The zero-order valence-corrected chi connectivity index (χ0v) is 18.1. The molecule has 158 valence electrons. The van der Waals surface area contributed by atoms with Gasteiger partial charge in [0.1, 0.15) is 11.8 Å². The van der Waals surface area contributed by atoms with Crippen LogP contribution >= 0.6 is 0 Å². The van der Waals surface area contributed by atoms with Gasteiger partial charge >= 0.3 is 0 Å². The number of carbonyl (C=O) groups is 1. The van der Waals surface area contributed by atoms with Crippen LogP contribution < -0.4 is 14.4 Å². The van der Waals surface area contributed by atoms with E-state index in [0.717, 1.165) is 30.4 Å². The molecule has 0 fully saturated rings. The van der Waals surface area contributed by atoms with Crippen molar-refractivity contribution in [3.63, 3.8) is 0 Å². The molecule has 0 spiro atoms. The van der Waals surface area contributed by atoms with E-state index in [0.29, 0.717) is 25.3 Å². The number of benzene rings is 2. The molecular weight excluding hydrogens is 388 g/mol. The molecule has 2 aromatic carbocycles. The van der Waals surface area contributed by atoms with Crippen LogP contribution in [0, 0.1) is 0 Å². The Labute approximate surface area is 173 Å². The van der Waals surface area contributed by atoms with Crippen LogP contribution in [0.4, 0.5) is 5.69 Å². The summed E-state index contributed by atoms with van der Waals surface area (Å²) in [4.78, 5) is 12.7. The minimum Gasteiger partial charge on any atom is -0.494 e. The Morgan fingerprint density at radius 3 is 2.28 bits per heavy atom. The monoisotopic (exact) mass is 418 g/mol. The van der Waals surface area contributed by atoms with Crippen LogP contribution in [0.1, 0.15) is 32.3 Å². The van der Waals surface area contributed by atoms with Gasteiger partial charge in [0, 0.05) is 6.54 Å². The molecule has 0 bridgehead atoms. The lowest BCUT2D eigenvalue weighted by Crippen LogP contribution is -2.49. The van der Waals surface area contributed by atoms with Gasteiger partial charge in [-0.1, -0.05) is 37.3 Å². The van der Waals surface area contributed by atoms with Crippen LogP contribution in [-0.2, 0) is 21.2 Å². The van der Waals surface area contributed by atoms with Gasteiger partial charge in [-0.15, -0.1) is 0 Å². The number of nitrogens with zero attached hydrogens (tertiary/aromatic N) is 1. The fraction of sp³-hybridized carbons (Fsp3) is 0.409. The normalized spacial score (nSPS) is 12.2. The van der Waals surface area contributed by atoms with Crippen molar-refractivity contribution in [3.8, 4) is 5.75 Å². The van der Waals surface area contributed by atoms with E-state index < -0.39 is 16.1 Å². The number of anilines is 1. The summed E-state index contributed by atoms with van der Waals surface area (Å²) in [6.07, 6.45) is 3.09. The first-order chi connectivity index (χ1) is 13.9. The van der Waals surface area contributed by atoms with Crippen molar-refractivity contribution < 1.29 is 17.9 Å². The topological polar surface area (TPSA) is 75.7 Å². The molecule has 1 amide bonds. The predicted molar refractivity (Wildman–Crippen MR) is 117 cm³/mol. The molecular formula is C22H30N2O4S. The highest BCUT2D eigenvalue weighted by atomic mass is 32.2. The van der Waals surface area contributed by atoms with E-state index in [1.54, 1.807) is 24.3 Å². The zero-order valence-electron chi connectivity index (χ0n) is 17.3. The van der Waals surface area contributed by atoms with Crippen LogP contribution in [0.5, 0.6) is 5.75 Å². The first-order valence-electron chi connectivity index (χ1n) is 9.90. The molecule has 0 saturated heterocycles. The minimum atomic E-state index is -3.60. The first kappa shape index (κ1) is 22.7. The van der Waals surface area contributed by atoms with Crippen molar-refractivity contribution in [3.05, 3.63) is 60.2 Å². The molecule has 0 aliphatic rings. The van der Waals surface area contributed by atoms with Gasteiger partial charge in [0.25, 0.3) is 0 Å². The maximum Gasteiger partial charge on any atom is 0.243 e. The van der Waals surface area contributed by atoms with Gasteiger partial charge in [-0.05, 0) is 56.0 Å². The van der Waals surface area contributed by atoms with E-state index in [9.17, 15) is 13.2 Å². The predicted octanol–water partition coefficient (Wildman–Crippen LogP) is 3.38. The summed E-state index contributed by atoms with van der Waals surface area (Å²) in [5.74, 6) is 0.561. The number of rotatable bonds is 11. The molecule has 1 atom stereocenters. The lowest BCUT2D eigenvalue weighted by atomic mass is 10.1. The Balaban J connectivity index is 1.94. The van der Waals surface area contributed by atoms with Gasteiger partial charge in [-0.3, -0.25) is 9.10 Å². The third kappa shape index (κ3) is 6.78. The molecule has 0 saturated carbocycles. The molecule has 0 aromatic heterocycles. The van der Waals surface area contributed by atoms with Crippen molar-refractivity contribution in [1.29, 1.82) is 0 Å². The van der Waals surface area contributed by atoms with Crippen LogP contribution in [0.3, 0.4) is 0 Å². The third-order valence-electron chi connectivity index (χ3n) is 4.52. The van der Waals surface area contributed by atoms with Crippen LogP contribution in [0.25, 0.3) is 0 Å². The number of para-hydroxylation sites is 1. The van der Waals surface area contributed by atoms with Gasteiger partial charge < -0.3 is 10.1 Å². The fourth-order valence-electron chi connectivity index (χ4n) is 3.18. The number of amides is 1. The van der Waals surface area contributed by atoms with Crippen molar-refractivity contribution in [2.45, 2.75) is 39.2 Å². The standard InChI is InChI=1S/C22H30N2O4S/c1-4-21(24(29(3,26)27)19-11-7-6-8-12-19)22(25)23-17-9-10-18-13-15-20(16-14-18)28-5-2/h6-8,11-16,21H,4-5,9-10,17H2,1-3H3,(H,23,25)/t21-/m1/s1. The van der Waals surface area contributed by atoms with Crippen molar-refractivity contribution in [2.75, 3.05) is 23.7 Å². The Bertz CT molecular complexity index is 867. The van der Waals surface area contributed by atoms with Gasteiger partial charge in [-0.25, -0.2) is 8.42 Å². The van der Waals surface area contributed by atoms with Gasteiger partial charge in [0.2, 0.25) is 15.9 Å². The van der Waals surface area contributed by atoms with Crippen LogP contribution in [0.15, 0.2) is 54.6 Å². The lowest BCUT2D eigenvalue weighted by Gasteiger charge is -2.30. The molecule has 2 rings (SSSR count). The zero-order chi connectivity index (χ0) is 21.3. The number of aryl methyl sites for hydroxylation is 1. The summed E-state index contributed by atoms with van der Waals surface area (Å²) in [5.41, 5.74) is 1.66. The Morgan fingerprint density at radius 2 is 1.72 bits per heavy atom. The molecule has 29 heavy (non-hydrogen) atoms. The second-order valence-electron chi connectivity index (χ2n) is 6.79. The number of hydrogen-bond donors (Lipinski definition) is 1. The van der Waals surface area contributed by atoms with E-state index in [4.69, 9.17) is 4.74 Å². The smallest absolute Gasteiger partial charge is 0.243 e. The molecule has 0 aliphatic carbocycles. The number of nitrogens with one attached hydrogen (secondary N) is 1. The molecule has 6 nitrogen and oxygen atoms in total. The fourth-order valence-corrected chi connectivity index (χ4v) is 4.39. The third-order valence-corrected chi connectivity index (χ3v) is 5.70. The maximum absolute atomic E-state index is 12.7. The Hall–Kier alpha value is -2.54. The summed E-state index contributed by atoms with van der Waals surface area (Å²) < 4.78 is 31.4. The second-order valence-corrected chi connectivity index (χ2v) is 8.65. The van der Waals surface area contributed by atoms with E-state index in [1.807, 2.05) is 44.2 Å². The quantitative estimate of drug-likeness (QED) is 0.568. The van der Waals surface area contributed by atoms with E-state index >= 15 is 0 Å². The number of hydrogen-bond acceptors (Lipinski definition) is 4. The highest BCUT2D eigenvalue weighted by molar-refractivity contribution is 7.92. The van der Waals surface area contributed by atoms with Crippen molar-refractivity contribution in [2.24, 2.45) is 0 Å². The molecule has 1 N–H and O–H groups in total. The molecule has 0 unspecified atom stereocenters. The Kier molecular flexibility index (Phi) is 8.51. The van der Waals surface area contributed by atoms with Crippen LogP contribution in [0.2, 0.25) is 0 Å². The van der Waals surface area contributed by atoms with E-state index in [1.165, 1.54) is 4.31 Å².